The van der Waals surface area contributed by atoms with Crippen LogP contribution in [0.3, 0.4) is 0 Å². The first-order valence-electron chi connectivity index (χ1n) is 14.0. The van der Waals surface area contributed by atoms with Gasteiger partial charge in [0.05, 0.1) is 18.3 Å². The molecule has 3 rings (SSSR count). The molecule has 3 fully saturated rings. The molecule has 0 N–H and O–H groups in total. The van der Waals surface area contributed by atoms with Crippen LogP contribution in [0.15, 0.2) is 0 Å². The fourth-order valence-electron chi connectivity index (χ4n) is 6.34. The summed E-state index contributed by atoms with van der Waals surface area (Å²) in [4.78, 5) is 0. The van der Waals surface area contributed by atoms with Crippen LogP contribution in [0.2, 0.25) is 0 Å². The molecule has 3 aliphatic heterocycles. The standard InChI is InChI=1S/C28H51FO5/c1-11-21-16(6)18(8)24(26(29)30-21)33-28-25(19(9)17(7)23(13-3)32-28)34-27-20(10)14(4)15(5)22(12-2)31-27/h14-28H,11-13H2,1-10H3/t14?,15-,16-,17-,18?,19?,20?,21?,22-,23-,24?,25?,26-,27+,28+/m0/s1. The van der Waals surface area contributed by atoms with E-state index in [0.29, 0.717) is 17.8 Å². The lowest BCUT2D eigenvalue weighted by atomic mass is 9.78. The Morgan fingerprint density at radius 2 is 0.912 bits per heavy atom. The summed E-state index contributed by atoms with van der Waals surface area (Å²) in [7, 11) is 0. The van der Waals surface area contributed by atoms with Gasteiger partial charge in [-0.3, -0.25) is 0 Å². The lowest BCUT2D eigenvalue weighted by Gasteiger charge is -2.50. The Kier molecular flexibility index (Phi) is 9.87. The van der Waals surface area contributed by atoms with Crippen molar-refractivity contribution in [3.8, 4) is 0 Å². The molecule has 0 bridgehead atoms. The largest absolute Gasteiger partial charge is 0.349 e. The van der Waals surface area contributed by atoms with E-state index >= 15 is 4.39 Å². The molecule has 3 aliphatic rings. The van der Waals surface area contributed by atoms with Crippen LogP contribution in [0.25, 0.3) is 0 Å². The van der Waals surface area contributed by atoms with Gasteiger partial charge in [0.15, 0.2) is 12.6 Å². The van der Waals surface area contributed by atoms with Crippen molar-refractivity contribution in [2.45, 2.75) is 138 Å². The average molecular weight is 487 g/mol. The Balaban J connectivity index is 1.82. The van der Waals surface area contributed by atoms with Crippen molar-refractivity contribution in [2.24, 2.45) is 41.4 Å². The molecule has 0 saturated carbocycles. The maximum absolute atomic E-state index is 15.2. The Bertz CT molecular complexity index is 632. The molecule has 7 unspecified atom stereocenters. The van der Waals surface area contributed by atoms with Gasteiger partial charge in [0.25, 0.3) is 0 Å². The Morgan fingerprint density at radius 3 is 1.44 bits per heavy atom. The summed E-state index contributed by atoms with van der Waals surface area (Å²) in [6.45, 7) is 21.7. The third kappa shape index (κ3) is 5.51. The first-order chi connectivity index (χ1) is 16.0. The Labute approximate surface area is 207 Å². The molecule has 3 heterocycles. The van der Waals surface area contributed by atoms with E-state index in [1.54, 1.807) is 0 Å². The topological polar surface area (TPSA) is 46.2 Å². The van der Waals surface area contributed by atoms with E-state index in [1.807, 2.05) is 6.92 Å². The van der Waals surface area contributed by atoms with Gasteiger partial charge in [0, 0.05) is 5.92 Å². The summed E-state index contributed by atoms with van der Waals surface area (Å²) in [5.41, 5.74) is 0. The maximum Gasteiger partial charge on any atom is 0.225 e. The molecule has 15 atom stereocenters. The zero-order chi connectivity index (χ0) is 25.3. The summed E-state index contributed by atoms with van der Waals surface area (Å²) in [6.07, 6.45) is -0.692. The quantitative estimate of drug-likeness (QED) is 0.406. The summed E-state index contributed by atoms with van der Waals surface area (Å²) in [5.74, 6) is 1.93. The molecule has 0 aromatic rings. The lowest BCUT2D eigenvalue weighted by Crippen LogP contribution is -2.58. The van der Waals surface area contributed by atoms with Crippen molar-refractivity contribution in [1.82, 2.24) is 0 Å². The predicted molar refractivity (Wildman–Crippen MR) is 132 cm³/mol. The number of ether oxygens (including phenoxy) is 5. The third-order valence-electron chi connectivity index (χ3n) is 9.78. The van der Waals surface area contributed by atoms with Gasteiger partial charge < -0.3 is 23.7 Å². The molecule has 0 spiro atoms. The molecule has 5 nitrogen and oxygen atoms in total. The summed E-state index contributed by atoms with van der Waals surface area (Å²) in [5, 5.41) is 0. The molecule has 34 heavy (non-hydrogen) atoms. The fourth-order valence-corrected chi connectivity index (χ4v) is 6.34. The van der Waals surface area contributed by atoms with Crippen LogP contribution in [0, 0.1) is 41.4 Å². The molecule has 0 amide bonds. The van der Waals surface area contributed by atoms with Crippen LogP contribution in [-0.2, 0) is 23.7 Å². The number of alkyl halides is 1. The summed E-state index contributed by atoms with van der Waals surface area (Å²) < 4.78 is 47.0. The van der Waals surface area contributed by atoms with Gasteiger partial charge in [0.1, 0.15) is 12.2 Å². The molecule has 0 aromatic carbocycles. The van der Waals surface area contributed by atoms with E-state index in [2.05, 4.69) is 62.3 Å². The van der Waals surface area contributed by atoms with E-state index in [1.165, 1.54) is 0 Å². The van der Waals surface area contributed by atoms with Crippen LogP contribution in [-0.4, -0.2) is 49.5 Å². The van der Waals surface area contributed by atoms with Gasteiger partial charge in [0.2, 0.25) is 6.36 Å². The normalized spacial score (nSPS) is 52.5. The first kappa shape index (κ1) is 28.3. The summed E-state index contributed by atoms with van der Waals surface area (Å²) >= 11 is 0. The highest BCUT2D eigenvalue weighted by Crippen LogP contribution is 2.42. The fraction of sp³-hybridized carbons (Fsp3) is 1.00. The van der Waals surface area contributed by atoms with E-state index in [0.717, 1.165) is 19.3 Å². The van der Waals surface area contributed by atoms with Gasteiger partial charge in [-0.05, 0) is 54.8 Å². The van der Waals surface area contributed by atoms with Crippen molar-refractivity contribution in [3.05, 3.63) is 0 Å². The Hall–Kier alpha value is -0.270. The van der Waals surface area contributed by atoms with Gasteiger partial charge in [-0.25, -0.2) is 4.39 Å². The molecule has 0 aliphatic carbocycles. The molecule has 200 valence electrons. The van der Waals surface area contributed by atoms with Crippen molar-refractivity contribution >= 4 is 0 Å². The molecule has 0 radical (unpaired) electrons. The van der Waals surface area contributed by atoms with Crippen LogP contribution in [0.1, 0.15) is 88.5 Å². The van der Waals surface area contributed by atoms with Crippen LogP contribution in [0.5, 0.6) is 0 Å². The predicted octanol–water partition coefficient (Wildman–Crippen LogP) is 6.58. The molecular formula is C28H51FO5. The smallest absolute Gasteiger partial charge is 0.225 e. The second-order valence-corrected chi connectivity index (χ2v) is 11.6. The van der Waals surface area contributed by atoms with Gasteiger partial charge in [-0.1, -0.05) is 69.2 Å². The SMILES string of the molecule is CCC1O[C@H](F)C(O[C@H]2O[C@@H](CC)[C@@H](C)C(C)C2O[C@H]2O[C@@H](CC)[C@@H](C)C(C)C2C)C(C)[C@@H]1C. The highest BCUT2D eigenvalue weighted by atomic mass is 19.1. The number of halogens is 1. The van der Waals surface area contributed by atoms with E-state index in [4.69, 9.17) is 23.7 Å². The second-order valence-electron chi connectivity index (χ2n) is 11.6. The van der Waals surface area contributed by atoms with Gasteiger partial charge >= 0.3 is 0 Å². The van der Waals surface area contributed by atoms with Crippen molar-refractivity contribution in [2.75, 3.05) is 0 Å². The Morgan fingerprint density at radius 1 is 0.500 bits per heavy atom. The number of hydrogen-bond acceptors (Lipinski definition) is 5. The zero-order valence-corrected chi connectivity index (χ0v) is 23.2. The van der Waals surface area contributed by atoms with Gasteiger partial charge in [-0.15, -0.1) is 0 Å². The van der Waals surface area contributed by atoms with Crippen molar-refractivity contribution < 1.29 is 28.1 Å². The first-order valence-corrected chi connectivity index (χ1v) is 14.0. The highest BCUT2D eigenvalue weighted by Gasteiger charge is 2.50. The molecular weight excluding hydrogens is 435 g/mol. The minimum atomic E-state index is -1.47. The highest BCUT2D eigenvalue weighted by molar-refractivity contribution is 4.91. The zero-order valence-electron chi connectivity index (χ0n) is 23.2. The number of hydrogen-bond donors (Lipinski definition) is 0. The van der Waals surface area contributed by atoms with Gasteiger partial charge in [-0.2, -0.15) is 0 Å². The molecule has 0 aromatic heterocycles. The summed E-state index contributed by atoms with van der Waals surface area (Å²) in [6, 6.07) is 0. The molecule has 6 heteroatoms. The minimum absolute atomic E-state index is 0.0166. The maximum atomic E-state index is 15.2. The van der Waals surface area contributed by atoms with E-state index < -0.39 is 18.8 Å². The number of rotatable bonds is 7. The van der Waals surface area contributed by atoms with Crippen LogP contribution in [0.4, 0.5) is 4.39 Å². The van der Waals surface area contributed by atoms with E-state index in [-0.39, 0.29) is 54.4 Å². The second kappa shape index (κ2) is 11.9. The van der Waals surface area contributed by atoms with E-state index in [9.17, 15) is 0 Å². The third-order valence-corrected chi connectivity index (χ3v) is 9.78. The minimum Gasteiger partial charge on any atom is -0.349 e. The van der Waals surface area contributed by atoms with Crippen molar-refractivity contribution in [1.29, 1.82) is 0 Å². The monoisotopic (exact) mass is 486 g/mol. The van der Waals surface area contributed by atoms with Crippen molar-refractivity contribution in [3.63, 3.8) is 0 Å². The average Bonchev–Trinajstić information content (AvgIpc) is 2.83. The van der Waals surface area contributed by atoms with Crippen LogP contribution >= 0.6 is 0 Å². The van der Waals surface area contributed by atoms with Crippen LogP contribution < -0.4 is 0 Å². The molecule has 3 saturated heterocycles. The lowest BCUT2D eigenvalue weighted by molar-refractivity contribution is -0.361.